The number of esters is 1. The molecule has 4 fully saturated rings. The second-order valence-corrected chi connectivity index (χ2v) is 10.1. The van der Waals surface area contributed by atoms with Crippen molar-refractivity contribution in [1.29, 1.82) is 0 Å². The Bertz CT molecular complexity index is 1230. The molecule has 6 rings (SSSR count). The van der Waals surface area contributed by atoms with E-state index in [9.17, 15) is 19.2 Å². The molecule has 0 radical (unpaired) electrons. The number of fused-ring (bicyclic) bond motifs is 5. The number of carbonyl (C=O) groups excluding carboxylic acids is 4. The number of rotatable bonds is 6. The van der Waals surface area contributed by atoms with Gasteiger partial charge in [-0.05, 0) is 62.3 Å². The number of ether oxygens (including phenoxy) is 2. The van der Waals surface area contributed by atoms with Crippen LogP contribution in [0.15, 0.2) is 48.5 Å². The molecule has 2 saturated heterocycles. The maximum absolute atomic E-state index is 13.2. The quantitative estimate of drug-likeness (QED) is 0.351. The maximum Gasteiger partial charge on any atom is 0.316 e. The zero-order valence-electron chi connectivity index (χ0n) is 20.1. The Kier molecular flexibility index (Phi) is 5.54. The Hall–Kier alpha value is -3.68. The average Bonchev–Trinajstić information content (AvgIpc) is 3.63. The lowest BCUT2D eigenvalue weighted by Gasteiger charge is -2.20. The van der Waals surface area contributed by atoms with Crippen molar-refractivity contribution in [3.8, 4) is 11.5 Å². The summed E-state index contributed by atoms with van der Waals surface area (Å²) in [6.07, 6.45) is 3.05. The van der Waals surface area contributed by atoms with Crippen molar-refractivity contribution in [1.82, 2.24) is 0 Å². The van der Waals surface area contributed by atoms with Gasteiger partial charge in [-0.25, -0.2) is 4.90 Å². The molecule has 2 bridgehead atoms. The van der Waals surface area contributed by atoms with E-state index < -0.39 is 11.9 Å². The van der Waals surface area contributed by atoms with Crippen LogP contribution in [-0.2, 0) is 19.2 Å². The number of amides is 3. The fourth-order valence-electron chi connectivity index (χ4n) is 6.60. The lowest BCUT2D eigenvalue weighted by Crippen LogP contribution is -2.32. The van der Waals surface area contributed by atoms with Crippen LogP contribution in [0.3, 0.4) is 0 Å². The van der Waals surface area contributed by atoms with Crippen LogP contribution in [0, 0.1) is 29.6 Å². The Morgan fingerprint density at radius 3 is 2.42 bits per heavy atom. The monoisotopic (exact) mass is 488 g/mol. The molecule has 36 heavy (non-hydrogen) atoms. The summed E-state index contributed by atoms with van der Waals surface area (Å²) in [5.74, 6) is -0.575. The van der Waals surface area contributed by atoms with E-state index in [4.69, 9.17) is 9.47 Å². The van der Waals surface area contributed by atoms with Gasteiger partial charge in [0.15, 0.2) is 0 Å². The van der Waals surface area contributed by atoms with Crippen molar-refractivity contribution in [2.75, 3.05) is 23.0 Å². The van der Waals surface area contributed by atoms with E-state index >= 15 is 0 Å². The molecular formula is C28H28N2O6. The van der Waals surface area contributed by atoms with Gasteiger partial charge in [0, 0.05) is 19.0 Å². The summed E-state index contributed by atoms with van der Waals surface area (Å²) in [6, 6.07) is 13.8. The summed E-state index contributed by atoms with van der Waals surface area (Å²) in [6.45, 7) is 2.53. The smallest absolute Gasteiger partial charge is 0.316 e. The third-order valence-electron chi connectivity index (χ3n) is 8.14. The Labute approximate surface area is 209 Å². The molecule has 5 atom stereocenters. The first-order valence-electron chi connectivity index (χ1n) is 12.7. The molecule has 8 heteroatoms. The van der Waals surface area contributed by atoms with Gasteiger partial charge in [0.25, 0.3) is 0 Å². The van der Waals surface area contributed by atoms with Crippen LogP contribution in [-0.4, -0.2) is 36.8 Å². The van der Waals surface area contributed by atoms with Gasteiger partial charge in [-0.15, -0.1) is 0 Å². The fraction of sp³-hybridized carbons (Fsp3) is 0.429. The zero-order chi connectivity index (χ0) is 25.0. The molecule has 0 aromatic heterocycles. The normalized spacial score (nSPS) is 28.7. The van der Waals surface area contributed by atoms with E-state index in [1.165, 1.54) is 4.90 Å². The largest absolute Gasteiger partial charge is 0.492 e. The summed E-state index contributed by atoms with van der Waals surface area (Å²) in [4.78, 5) is 54.9. The summed E-state index contributed by atoms with van der Waals surface area (Å²) < 4.78 is 11.3. The van der Waals surface area contributed by atoms with Crippen molar-refractivity contribution in [3.05, 3.63) is 48.5 Å². The van der Waals surface area contributed by atoms with Gasteiger partial charge in [0.2, 0.25) is 17.7 Å². The highest BCUT2D eigenvalue weighted by atomic mass is 16.5. The third kappa shape index (κ3) is 3.58. The number of carbonyl (C=O) groups is 4. The lowest BCUT2D eigenvalue weighted by atomic mass is 9.81. The zero-order valence-corrected chi connectivity index (χ0v) is 20.1. The standard InChI is InChI=1S/C28H28N2O6/c1-2-35-22-9-4-3-8-21(22)29-15-18(13-23(29)31)28(34)36-20-7-5-6-19(14-20)30-26(32)24-16-10-11-17(12-16)25(24)27(30)33/h3-9,14,16-18,24-25H,2,10-13,15H2,1H3/t16-,17-,18+,24-,25+/m0/s1. The third-order valence-corrected chi connectivity index (χ3v) is 8.14. The number of hydrogen-bond acceptors (Lipinski definition) is 6. The van der Waals surface area contributed by atoms with Gasteiger partial charge in [0.1, 0.15) is 11.5 Å². The van der Waals surface area contributed by atoms with E-state index in [0.29, 0.717) is 35.6 Å². The first-order chi connectivity index (χ1) is 17.5. The Balaban J connectivity index is 1.16. The SMILES string of the molecule is CCOc1ccccc1N1C[C@H](C(=O)Oc2cccc(N3C(=O)[C@@H]4[C@H]5CC[C@@H](C5)[C@@H]4C3=O)c2)CC1=O. The van der Waals surface area contributed by atoms with E-state index in [1.54, 1.807) is 41.3 Å². The highest BCUT2D eigenvalue weighted by Gasteiger charge is 2.61. The highest BCUT2D eigenvalue weighted by molar-refractivity contribution is 6.22. The summed E-state index contributed by atoms with van der Waals surface area (Å²) >= 11 is 0. The first-order valence-corrected chi connectivity index (χ1v) is 12.7. The van der Waals surface area contributed by atoms with Crippen LogP contribution in [0.25, 0.3) is 0 Å². The number of benzene rings is 2. The topological polar surface area (TPSA) is 93.2 Å². The molecule has 2 aromatic rings. The number of imide groups is 1. The maximum atomic E-state index is 13.2. The van der Waals surface area contributed by atoms with Gasteiger partial charge in [-0.3, -0.25) is 19.2 Å². The fourth-order valence-corrected chi connectivity index (χ4v) is 6.60. The molecule has 3 amide bonds. The molecule has 186 valence electrons. The second kappa shape index (κ2) is 8.76. The Morgan fingerprint density at radius 1 is 0.972 bits per heavy atom. The predicted molar refractivity (Wildman–Crippen MR) is 130 cm³/mol. The van der Waals surface area contributed by atoms with Crippen molar-refractivity contribution in [3.63, 3.8) is 0 Å². The van der Waals surface area contributed by atoms with Crippen LogP contribution in [0.1, 0.15) is 32.6 Å². The average molecular weight is 489 g/mol. The van der Waals surface area contributed by atoms with E-state index in [1.807, 2.05) is 19.1 Å². The van der Waals surface area contributed by atoms with E-state index in [-0.39, 0.29) is 48.3 Å². The first kappa shape index (κ1) is 22.8. The molecule has 0 unspecified atom stereocenters. The highest BCUT2D eigenvalue weighted by Crippen LogP contribution is 2.56. The molecule has 2 aliphatic carbocycles. The molecule has 0 spiro atoms. The van der Waals surface area contributed by atoms with Gasteiger partial charge in [-0.1, -0.05) is 18.2 Å². The molecular weight excluding hydrogens is 460 g/mol. The molecule has 2 aliphatic heterocycles. The number of para-hydroxylation sites is 2. The van der Waals surface area contributed by atoms with Crippen LogP contribution >= 0.6 is 0 Å². The molecule has 2 heterocycles. The van der Waals surface area contributed by atoms with Gasteiger partial charge in [-0.2, -0.15) is 0 Å². The molecule has 8 nitrogen and oxygen atoms in total. The van der Waals surface area contributed by atoms with Crippen molar-refractivity contribution >= 4 is 35.1 Å². The van der Waals surface area contributed by atoms with Gasteiger partial charge >= 0.3 is 5.97 Å². The molecule has 2 saturated carbocycles. The van der Waals surface area contributed by atoms with E-state index in [2.05, 4.69) is 0 Å². The van der Waals surface area contributed by atoms with Crippen LogP contribution in [0.5, 0.6) is 11.5 Å². The predicted octanol–water partition coefficient (Wildman–Crippen LogP) is 3.58. The second-order valence-electron chi connectivity index (χ2n) is 10.1. The molecule has 2 aromatic carbocycles. The minimum Gasteiger partial charge on any atom is -0.492 e. The van der Waals surface area contributed by atoms with Crippen LogP contribution in [0.2, 0.25) is 0 Å². The number of hydrogen-bond donors (Lipinski definition) is 0. The Morgan fingerprint density at radius 2 is 1.69 bits per heavy atom. The molecule has 0 N–H and O–H groups in total. The minimum absolute atomic E-state index is 0.0359. The minimum atomic E-state index is -0.638. The summed E-state index contributed by atoms with van der Waals surface area (Å²) in [7, 11) is 0. The van der Waals surface area contributed by atoms with Crippen LogP contribution < -0.4 is 19.3 Å². The molecule has 4 aliphatic rings. The van der Waals surface area contributed by atoms with Gasteiger partial charge in [0.05, 0.1) is 35.7 Å². The number of nitrogens with zero attached hydrogens (tertiary/aromatic N) is 2. The summed E-state index contributed by atoms with van der Waals surface area (Å²) in [5.41, 5.74) is 1.06. The van der Waals surface area contributed by atoms with Crippen molar-refractivity contribution < 1.29 is 28.7 Å². The lowest BCUT2D eigenvalue weighted by molar-refractivity contribution is -0.139. The number of anilines is 2. The van der Waals surface area contributed by atoms with Crippen LogP contribution in [0.4, 0.5) is 11.4 Å². The summed E-state index contributed by atoms with van der Waals surface area (Å²) in [5, 5.41) is 0. The van der Waals surface area contributed by atoms with Gasteiger partial charge < -0.3 is 14.4 Å². The van der Waals surface area contributed by atoms with Crippen molar-refractivity contribution in [2.24, 2.45) is 29.6 Å². The van der Waals surface area contributed by atoms with E-state index in [0.717, 1.165) is 19.3 Å². The van der Waals surface area contributed by atoms with Crippen molar-refractivity contribution in [2.45, 2.75) is 32.6 Å².